The van der Waals surface area contributed by atoms with Crippen LogP contribution in [0, 0.1) is 0 Å². The van der Waals surface area contributed by atoms with Crippen LogP contribution in [0.25, 0.3) is 0 Å². The fourth-order valence-corrected chi connectivity index (χ4v) is 2.54. The number of nitrogens with zero attached hydrogens (tertiary/aromatic N) is 2. The lowest BCUT2D eigenvalue weighted by atomic mass is 10.1. The Labute approximate surface area is 104 Å². The van der Waals surface area contributed by atoms with Crippen LogP contribution in [0.4, 0.5) is 0 Å². The molecule has 1 aliphatic rings. The first kappa shape index (κ1) is 11.6. The maximum Gasteiger partial charge on any atom is 0.236 e. The molecule has 1 atom stereocenters. The molecule has 1 unspecified atom stereocenters. The van der Waals surface area contributed by atoms with Crippen LogP contribution in [0.3, 0.4) is 0 Å². The topological polar surface area (TPSA) is 33.2 Å². The van der Waals surface area contributed by atoms with Gasteiger partial charge in [-0.3, -0.25) is 9.78 Å². The molecular formula is C12H15BrN2O. The lowest BCUT2D eigenvalue weighted by Gasteiger charge is -2.29. The Morgan fingerprint density at radius 3 is 3.19 bits per heavy atom. The summed E-state index contributed by atoms with van der Waals surface area (Å²) in [5, 5.41) is 0. The lowest BCUT2D eigenvalue weighted by molar-refractivity contribution is -0.132. The van der Waals surface area contributed by atoms with Crippen molar-refractivity contribution in [1.82, 2.24) is 9.88 Å². The van der Waals surface area contributed by atoms with Crippen molar-refractivity contribution in [3.05, 3.63) is 30.1 Å². The van der Waals surface area contributed by atoms with Crippen LogP contribution in [0.2, 0.25) is 0 Å². The number of alkyl halides is 1. The van der Waals surface area contributed by atoms with Gasteiger partial charge in [-0.15, -0.1) is 0 Å². The van der Waals surface area contributed by atoms with Gasteiger partial charge in [0.15, 0.2) is 0 Å². The predicted octanol–water partition coefficient (Wildman–Crippen LogP) is 2.01. The molecule has 0 bridgehead atoms. The van der Waals surface area contributed by atoms with Crippen molar-refractivity contribution in [3.63, 3.8) is 0 Å². The molecule has 0 spiro atoms. The van der Waals surface area contributed by atoms with E-state index in [9.17, 15) is 4.79 Å². The highest BCUT2D eigenvalue weighted by Crippen LogP contribution is 2.18. The van der Waals surface area contributed by atoms with Crippen molar-refractivity contribution in [2.45, 2.75) is 24.1 Å². The van der Waals surface area contributed by atoms with Gasteiger partial charge < -0.3 is 4.90 Å². The molecule has 1 aliphatic heterocycles. The molecule has 1 fully saturated rings. The summed E-state index contributed by atoms with van der Waals surface area (Å²) >= 11 is 3.42. The number of aromatic nitrogens is 1. The van der Waals surface area contributed by atoms with Crippen molar-refractivity contribution < 1.29 is 4.79 Å². The zero-order valence-electron chi connectivity index (χ0n) is 9.10. The minimum Gasteiger partial charge on any atom is -0.341 e. The highest BCUT2D eigenvalue weighted by molar-refractivity contribution is 9.10. The van der Waals surface area contributed by atoms with Crippen LogP contribution in [0.5, 0.6) is 0 Å². The molecule has 1 aromatic rings. The minimum absolute atomic E-state index is 0.0233. The number of halogens is 1. The van der Waals surface area contributed by atoms with Gasteiger partial charge in [0, 0.05) is 25.5 Å². The van der Waals surface area contributed by atoms with Crippen LogP contribution in [0.15, 0.2) is 24.5 Å². The molecule has 1 aromatic heterocycles. The van der Waals surface area contributed by atoms with Crippen molar-refractivity contribution in [2.75, 3.05) is 13.1 Å². The van der Waals surface area contributed by atoms with Gasteiger partial charge in [0.1, 0.15) is 0 Å². The van der Waals surface area contributed by atoms with E-state index in [4.69, 9.17) is 0 Å². The molecular weight excluding hydrogens is 268 g/mol. The van der Waals surface area contributed by atoms with E-state index in [0.29, 0.717) is 0 Å². The average Bonchev–Trinajstić information content (AvgIpc) is 2.32. The third-order valence-electron chi connectivity index (χ3n) is 2.86. The Morgan fingerprint density at radius 2 is 2.44 bits per heavy atom. The molecule has 2 heterocycles. The van der Waals surface area contributed by atoms with Crippen molar-refractivity contribution >= 4 is 21.8 Å². The Bertz CT molecular complexity index is 355. The molecule has 0 aromatic carbocycles. The second-order valence-corrected chi connectivity index (χ2v) is 5.15. The Kier molecular flexibility index (Phi) is 3.93. The Morgan fingerprint density at radius 1 is 1.56 bits per heavy atom. The van der Waals surface area contributed by atoms with Gasteiger partial charge in [0.05, 0.1) is 4.83 Å². The van der Waals surface area contributed by atoms with Crippen LogP contribution in [0.1, 0.15) is 18.4 Å². The molecule has 4 heteroatoms. The molecule has 0 radical (unpaired) electrons. The number of carbonyl (C=O) groups excluding carboxylic acids is 1. The predicted molar refractivity (Wildman–Crippen MR) is 66.5 cm³/mol. The molecule has 1 amide bonds. The molecule has 1 saturated heterocycles. The van der Waals surface area contributed by atoms with Crippen LogP contribution in [-0.4, -0.2) is 33.7 Å². The summed E-state index contributed by atoms with van der Waals surface area (Å²) in [7, 11) is 0. The lowest BCUT2D eigenvalue weighted by Crippen LogP contribution is -2.42. The van der Waals surface area contributed by atoms with E-state index in [1.54, 1.807) is 6.20 Å². The fraction of sp³-hybridized carbons (Fsp3) is 0.500. The molecule has 86 valence electrons. The zero-order chi connectivity index (χ0) is 11.4. The second-order valence-electron chi connectivity index (χ2n) is 4.05. The molecule has 0 N–H and O–H groups in total. The maximum absolute atomic E-state index is 11.8. The first-order valence-corrected chi connectivity index (χ1v) is 6.50. The summed E-state index contributed by atoms with van der Waals surface area (Å²) in [6.07, 6.45) is 6.57. The van der Waals surface area contributed by atoms with Crippen LogP contribution >= 0.6 is 15.9 Å². The summed E-state index contributed by atoms with van der Waals surface area (Å²) in [6, 6.07) is 3.98. The van der Waals surface area contributed by atoms with Gasteiger partial charge in [-0.2, -0.15) is 0 Å². The Hall–Kier alpha value is -0.900. The van der Waals surface area contributed by atoms with Gasteiger partial charge in [-0.25, -0.2) is 0 Å². The molecule has 2 rings (SSSR count). The molecule has 0 saturated carbocycles. The van der Waals surface area contributed by atoms with Crippen molar-refractivity contribution in [2.24, 2.45) is 0 Å². The largest absolute Gasteiger partial charge is 0.341 e. The van der Waals surface area contributed by atoms with Gasteiger partial charge in [-0.1, -0.05) is 22.0 Å². The zero-order valence-corrected chi connectivity index (χ0v) is 10.7. The molecule has 3 nitrogen and oxygen atoms in total. The second kappa shape index (κ2) is 5.43. The average molecular weight is 283 g/mol. The van der Waals surface area contributed by atoms with Gasteiger partial charge in [0.2, 0.25) is 5.91 Å². The number of rotatable bonds is 3. The smallest absolute Gasteiger partial charge is 0.236 e. The number of carbonyl (C=O) groups is 1. The van der Waals surface area contributed by atoms with Gasteiger partial charge in [0.25, 0.3) is 0 Å². The fourth-order valence-electron chi connectivity index (χ4n) is 1.93. The molecule has 16 heavy (non-hydrogen) atoms. The number of amides is 1. The van der Waals surface area contributed by atoms with Crippen molar-refractivity contribution in [1.29, 1.82) is 0 Å². The summed E-state index contributed by atoms with van der Waals surface area (Å²) in [6.45, 7) is 1.69. The standard InChI is InChI=1S/C12H15BrN2O/c13-11-4-2-7-15(12(11)16)8-5-10-3-1-6-14-9-10/h1,3,6,9,11H,2,4-5,7-8H2. The monoisotopic (exact) mass is 282 g/mol. The first-order valence-electron chi connectivity index (χ1n) is 5.59. The third kappa shape index (κ3) is 2.82. The van der Waals surface area contributed by atoms with E-state index in [1.165, 1.54) is 5.56 Å². The number of hydrogen-bond donors (Lipinski definition) is 0. The van der Waals surface area contributed by atoms with Gasteiger partial charge >= 0.3 is 0 Å². The van der Waals surface area contributed by atoms with Crippen LogP contribution < -0.4 is 0 Å². The summed E-state index contributed by atoms with van der Waals surface area (Å²) in [5.41, 5.74) is 1.19. The SMILES string of the molecule is O=C1C(Br)CCCN1CCc1cccnc1. The van der Waals surface area contributed by atoms with E-state index in [0.717, 1.165) is 32.4 Å². The van der Waals surface area contributed by atoms with E-state index < -0.39 is 0 Å². The molecule has 0 aliphatic carbocycles. The maximum atomic E-state index is 11.8. The van der Waals surface area contributed by atoms with Crippen LogP contribution in [-0.2, 0) is 11.2 Å². The first-order chi connectivity index (χ1) is 7.77. The number of pyridine rings is 1. The van der Waals surface area contributed by atoms with E-state index in [2.05, 4.69) is 20.9 Å². The minimum atomic E-state index is 0.0233. The number of piperidine rings is 1. The van der Waals surface area contributed by atoms with Gasteiger partial charge in [-0.05, 0) is 30.9 Å². The summed E-state index contributed by atoms with van der Waals surface area (Å²) in [5.74, 6) is 0.232. The highest BCUT2D eigenvalue weighted by Gasteiger charge is 2.25. The Balaban J connectivity index is 1.88. The van der Waals surface area contributed by atoms with E-state index >= 15 is 0 Å². The normalized spacial score (nSPS) is 21.2. The van der Waals surface area contributed by atoms with E-state index in [1.807, 2.05) is 23.2 Å². The quantitative estimate of drug-likeness (QED) is 0.795. The number of hydrogen-bond acceptors (Lipinski definition) is 2. The number of likely N-dealkylation sites (tertiary alicyclic amines) is 1. The summed E-state index contributed by atoms with van der Waals surface area (Å²) in [4.78, 5) is 17.8. The van der Waals surface area contributed by atoms with E-state index in [-0.39, 0.29) is 10.7 Å². The highest BCUT2D eigenvalue weighted by atomic mass is 79.9. The third-order valence-corrected chi connectivity index (χ3v) is 3.71. The van der Waals surface area contributed by atoms with Crippen molar-refractivity contribution in [3.8, 4) is 0 Å². The summed E-state index contributed by atoms with van der Waals surface area (Å²) < 4.78 is 0.